The fourth-order valence-electron chi connectivity index (χ4n) is 5.07. The van der Waals surface area contributed by atoms with E-state index in [1.54, 1.807) is 6.20 Å². The molecule has 0 amide bonds. The van der Waals surface area contributed by atoms with Crippen molar-refractivity contribution in [3.63, 3.8) is 0 Å². The zero-order chi connectivity index (χ0) is 26.9. The lowest BCUT2D eigenvalue weighted by Gasteiger charge is -2.33. The Bertz CT molecular complexity index is 1330. The SMILES string of the molecule is CN1CCN(Cc2cccc(OCc3ccc(CC(=O)CCc4cccnc4)cc3)c2-c2ccccc2)CC1. The van der Waals surface area contributed by atoms with Crippen molar-refractivity contribution >= 4 is 5.78 Å². The highest BCUT2D eigenvalue weighted by atomic mass is 16.5. The molecule has 3 aromatic carbocycles. The molecule has 39 heavy (non-hydrogen) atoms. The second kappa shape index (κ2) is 13.3. The molecule has 4 aromatic rings. The molecule has 0 spiro atoms. The van der Waals surface area contributed by atoms with Crippen LogP contribution in [0.5, 0.6) is 5.75 Å². The van der Waals surface area contributed by atoms with E-state index in [1.165, 1.54) is 16.7 Å². The first kappa shape index (κ1) is 26.8. The third kappa shape index (κ3) is 7.62. The number of aromatic nitrogens is 1. The topological polar surface area (TPSA) is 45.7 Å². The van der Waals surface area contributed by atoms with Crippen molar-refractivity contribution in [1.29, 1.82) is 0 Å². The molecule has 1 aliphatic heterocycles. The molecule has 0 aliphatic carbocycles. The molecule has 5 nitrogen and oxygen atoms in total. The summed E-state index contributed by atoms with van der Waals surface area (Å²) in [4.78, 5) is 21.5. The summed E-state index contributed by atoms with van der Waals surface area (Å²) in [5.74, 6) is 1.15. The lowest BCUT2D eigenvalue weighted by atomic mass is 9.98. The minimum absolute atomic E-state index is 0.243. The van der Waals surface area contributed by atoms with Gasteiger partial charge < -0.3 is 9.64 Å². The minimum atomic E-state index is 0.243. The van der Waals surface area contributed by atoms with Crippen molar-refractivity contribution in [1.82, 2.24) is 14.8 Å². The van der Waals surface area contributed by atoms with Gasteiger partial charge >= 0.3 is 0 Å². The summed E-state index contributed by atoms with van der Waals surface area (Å²) in [6, 6.07) is 29.1. The molecule has 0 saturated carbocycles. The molecular formula is C34H37N3O2. The molecule has 200 valence electrons. The fraction of sp³-hybridized carbons (Fsp3) is 0.294. The normalized spacial score (nSPS) is 14.3. The van der Waals surface area contributed by atoms with E-state index in [4.69, 9.17) is 4.74 Å². The Morgan fingerprint density at radius 1 is 0.821 bits per heavy atom. The first-order valence-electron chi connectivity index (χ1n) is 13.8. The lowest BCUT2D eigenvalue weighted by Crippen LogP contribution is -2.43. The second-order valence-corrected chi connectivity index (χ2v) is 10.4. The molecule has 0 unspecified atom stereocenters. The van der Waals surface area contributed by atoms with Crippen LogP contribution in [0.4, 0.5) is 0 Å². The monoisotopic (exact) mass is 519 g/mol. The second-order valence-electron chi connectivity index (χ2n) is 10.4. The number of hydrogen-bond donors (Lipinski definition) is 0. The fourth-order valence-corrected chi connectivity index (χ4v) is 5.07. The zero-order valence-electron chi connectivity index (χ0n) is 22.8. The molecule has 1 aromatic heterocycles. The van der Waals surface area contributed by atoms with Crippen molar-refractivity contribution in [2.45, 2.75) is 32.4 Å². The van der Waals surface area contributed by atoms with Crippen LogP contribution < -0.4 is 4.74 Å². The maximum Gasteiger partial charge on any atom is 0.137 e. The Hall–Kier alpha value is -3.80. The van der Waals surface area contributed by atoms with Gasteiger partial charge in [-0.3, -0.25) is 14.7 Å². The quantitative estimate of drug-likeness (QED) is 0.250. The van der Waals surface area contributed by atoms with E-state index in [1.807, 2.05) is 30.5 Å². The van der Waals surface area contributed by atoms with E-state index in [2.05, 4.69) is 82.5 Å². The largest absolute Gasteiger partial charge is 0.488 e. The van der Waals surface area contributed by atoms with Gasteiger partial charge in [-0.15, -0.1) is 0 Å². The smallest absolute Gasteiger partial charge is 0.137 e. The van der Waals surface area contributed by atoms with Gasteiger partial charge in [0.2, 0.25) is 0 Å². The van der Waals surface area contributed by atoms with Crippen molar-refractivity contribution in [3.05, 3.63) is 120 Å². The predicted molar refractivity (Wildman–Crippen MR) is 157 cm³/mol. The highest BCUT2D eigenvalue weighted by molar-refractivity contribution is 5.81. The van der Waals surface area contributed by atoms with Gasteiger partial charge in [0, 0.05) is 63.5 Å². The summed E-state index contributed by atoms with van der Waals surface area (Å²) < 4.78 is 6.43. The number of likely N-dealkylation sites (N-methyl/N-ethyl adjacent to an activating group) is 1. The Morgan fingerprint density at radius 3 is 2.33 bits per heavy atom. The van der Waals surface area contributed by atoms with Crippen molar-refractivity contribution in [2.24, 2.45) is 0 Å². The summed E-state index contributed by atoms with van der Waals surface area (Å²) in [6.45, 7) is 5.75. The standard InChI is InChI=1S/C34H37N3O2/c1-36-19-21-37(22-20-36)25-31-10-5-11-33(34(31)30-8-3-2-4-9-30)39-26-29-14-12-27(13-15-29)23-32(38)17-16-28-7-6-18-35-24-28/h2-15,18,24H,16-17,19-23,25-26H2,1H3. The van der Waals surface area contributed by atoms with E-state index in [0.29, 0.717) is 19.4 Å². The van der Waals surface area contributed by atoms with Crippen LogP contribution >= 0.6 is 0 Å². The Labute approximate surface area is 232 Å². The van der Waals surface area contributed by atoms with Crippen molar-refractivity contribution < 1.29 is 9.53 Å². The maximum atomic E-state index is 12.5. The first-order valence-corrected chi connectivity index (χ1v) is 13.8. The van der Waals surface area contributed by atoms with Crippen LogP contribution in [0.25, 0.3) is 11.1 Å². The number of aryl methyl sites for hydroxylation is 1. The number of pyridine rings is 1. The van der Waals surface area contributed by atoms with E-state index < -0.39 is 0 Å². The number of hydrogen-bond acceptors (Lipinski definition) is 5. The number of carbonyl (C=O) groups is 1. The van der Waals surface area contributed by atoms with Crippen LogP contribution in [0.1, 0.15) is 28.7 Å². The van der Waals surface area contributed by atoms with Crippen LogP contribution in [0, 0.1) is 0 Å². The third-order valence-electron chi connectivity index (χ3n) is 7.40. The summed E-state index contributed by atoms with van der Waals surface area (Å²) in [5.41, 5.74) is 6.87. The number of Topliss-reactive ketones (excluding diaryl/α,β-unsaturated/α-hetero) is 1. The third-order valence-corrected chi connectivity index (χ3v) is 7.40. The molecule has 2 heterocycles. The Balaban J connectivity index is 1.23. The van der Waals surface area contributed by atoms with E-state index >= 15 is 0 Å². The highest BCUT2D eigenvalue weighted by Crippen LogP contribution is 2.35. The number of piperazine rings is 1. The number of carbonyl (C=O) groups excluding carboxylic acids is 1. The van der Waals surface area contributed by atoms with Crippen LogP contribution in [0.3, 0.4) is 0 Å². The molecule has 1 saturated heterocycles. The van der Waals surface area contributed by atoms with E-state index in [-0.39, 0.29) is 5.78 Å². The summed E-state index contributed by atoms with van der Waals surface area (Å²) in [7, 11) is 2.19. The summed E-state index contributed by atoms with van der Waals surface area (Å²) in [5, 5.41) is 0. The molecule has 5 rings (SSSR count). The molecular weight excluding hydrogens is 482 g/mol. The van der Waals surface area contributed by atoms with Gasteiger partial charge in [-0.05, 0) is 53.4 Å². The minimum Gasteiger partial charge on any atom is -0.488 e. The molecule has 0 atom stereocenters. The van der Waals surface area contributed by atoms with Gasteiger partial charge in [-0.2, -0.15) is 0 Å². The molecule has 0 bridgehead atoms. The first-order chi connectivity index (χ1) is 19.1. The van der Waals surface area contributed by atoms with Gasteiger partial charge in [-0.25, -0.2) is 0 Å². The number of nitrogens with zero attached hydrogens (tertiary/aromatic N) is 3. The van der Waals surface area contributed by atoms with Gasteiger partial charge in [-0.1, -0.05) is 72.8 Å². The van der Waals surface area contributed by atoms with Gasteiger partial charge in [0.1, 0.15) is 18.1 Å². The van der Waals surface area contributed by atoms with Gasteiger partial charge in [0.05, 0.1) is 0 Å². The Morgan fingerprint density at radius 2 is 1.59 bits per heavy atom. The zero-order valence-corrected chi connectivity index (χ0v) is 22.8. The van der Waals surface area contributed by atoms with Crippen molar-refractivity contribution in [2.75, 3.05) is 33.2 Å². The molecule has 5 heteroatoms. The number of ketones is 1. The molecule has 1 fully saturated rings. The number of rotatable bonds is 11. The highest BCUT2D eigenvalue weighted by Gasteiger charge is 2.18. The predicted octanol–water partition coefficient (Wildman–Crippen LogP) is 5.82. The van der Waals surface area contributed by atoms with Crippen LogP contribution in [-0.4, -0.2) is 53.8 Å². The van der Waals surface area contributed by atoms with E-state index in [9.17, 15) is 4.79 Å². The maximum absolute atomic E-state index is 12.5. The number of benzene rings is 3. The average molecular weight is 520 g/mol. The molecule has 1 aliphatic rings. The van der Waals surface area contributed by atoms with Crippen LogP contribution in [0.15, 0.2) is 97.3 Å². The van der Waals surface area contributed by atoms with Gasteiger partial charge in [0.15, 0.2) is 0 Å². The number of ether oxygens (including phenoxy) is 1. The van der Waals surface area contributed by atoms with Crippen LogP contribution in [0.2, 0.25) is 0 Å². The Kier molecular flexibility index (Phi) is 9.15. The molecule has 0 N–H and O–H groups in total. The molecule has 0 radical (unpaired) electrons. The van der Waals surface area contributed by atoms with Gasteiger partial charge in [0.25, 0.3) is 0 Å². The summed E-state index contributed by atoms with van der Waals surface area (Å²) in [6.07, 6.45) is 5.30. The van der Waals surface area contributed by atoms with Crippen LogP contribution in [-0.2, 0) is 30.8 Å². The summed E-state index contributed by atoms with van der Waals surface area (Å²) >= 11 is 0. The lowest BCUT2D eigenvalue weighted by molar-refractivity contribution is -0.118. The van der Waals surface area contributed by atoms with Crippen molar-refractivity contribution in [3.8, 4) is 16.9 Å². The average Bonchev–Trinajstić information content (AvgIpc) is 2.98. The van der Waals surface area contributed by atoms with E-state index in [0.717, 1.165) is 61.6 Å².